The SMILES string of the molecule is CC(C)(C)c1ccccc1C(NN)c1cc(F)ccc1F. The number of benzene rings is 2. The van der Waals surface area contributed by atoms with Crippen molar-refractivity contribution in [2.45, 2.75) is 32.2 Å². The standard InChI is InChI=1S/C17H20F2N2/c1-17(2,3)14-7-5-4-6-12(14)16(21-20)13-10-11(18)8-9-15(13)19/h4-10,16,21H,20H2,1-3H3. The van der Waals surface area contributed by atoms with Crippen LogP contribution in [-0.2, 0) is 5.41 Å². The molecule has 4 heteroatoms. The molecule has 21 heavy (non-hydrogen) atoms. The van der Waals surface area contributed by atoms with Gasteiger partial charge in [-0.15, -0.1) is 0 Å². The number of nitrogens with two attached hydrogens (primary N) is 1. The molecule has 1 atom stereocenters. The third kappa shape index (κ3) is 3.28. The lowest BCUT2D eigenvalue weighted by Gasteiger charge is -2.27. The fourth-order valence-corrected chi connectivity index (χ4v) is 2.51. The van der Waals surface area contributed by atoms with Gasteiger partial charge in [-0.05, 0) is 34.7 Å². The van der Waals surface area contributed by atoms with E-state index in [4.69, 9.17) is 5.84 Å². The first-order valence-corrected chi connectivity index (χ1v) is 6.85. The van der Waals surface area contributed by atoms with Crippen LogP contribution >= 0.6 is 0 Å². The molecule has 0 saturated carbocycles. The maximum absolute atomic E-state index is 14.1. The van der Waals surface area contributed by atoms with Crippen LogP contribution in [0.25, 0.3) is 0 Å². The maximum Gasteiger partial charge on any atom is 0.128 e. The molecular formula is C17H20F2N2. The molecule has 0 aromatic heterocycles. The van der Waals surface area contributed by atoms with Crippen LogP contribution < -0.4 is 11.3 Å². The maximum atomic E-state index is 14.1. The van der Waals surface area contributed by atoms with Crippen molar-refractivity contribution in [3.05, 3.63) is 70.8 Å². The number of nitrogens with one attached hydrogen (secondary N) is 1. The van der Waals surface area contributed by atoms with Crippen molar-refractivity contribution in [2.24, 2.45) is 5.84 Å². The highest BCUT2D eigenvalue weighted by Gasteiger charge is 2.25. The molecule has 0 amide bonds. The van der Waals surface area contributed by atoms with Crippen LogP contribution in [0.2, 0.25) is 0 Å². The van der Waals surface area contributed by atoms with Crippen LogP contribution in [0, 0.1) is 11.6 Å². The Kier molecular flexibility index (Phi) is 4.40. The van der Waals surface area contributed by atoms with Gasteiger partial charge in [-0.2, -0.15) is 0 Å². The fourth-order valence-electron chi connectivity index (χ4n) is 2.51. The first-order valence-electron chi connectivity index (χ1n) is 6.85. The molecule has 0 bridgehead atoms. The molecule has 0 aliphatic heterocycles. The average molecular weight is 290 g/mol. The van der Waals surface area contributed by atoms with Gasteiger partial charge in [0.2, 0.25) is 0 Å². The molecule has 3 N–H and O–H groups in total. The highest BCUT2D eigenvalue weighted by Crippen LogP contribution is 2.33. The van der Waals surface area contributed by atoms with Crippen LogP contribution in [0.1, 0.15) is 43.5 Å². The minimum atomic E-state index is -0.601. The summed E-state index contributed by atoms with van der Waals surface area (Å²) in [5.74, 6) is 4.66. The van der Waals surface area contributed by atoms with E-state index in [1.807, 2.05) is 24.3 Å². The normalized spacial score (nSPS) is 13.2. The molecule has 0 aliphatic rings. The minimum absolute atomic E-state index is 0.129. The Morgan fingerprint density at radius 3 is 2.29 bits per heavy atom. The van der Waals surface area contributed by atoms with Crippen molar-refractivity contribution >= 4 is 0 Å². The van der Waals surface area contributed by atoms with E-state index in [0.29, 0.717) is 0 Å². The number of hydrogen-bond acceptors (Lipinski definition) is 2. The first kappa shape index (κ1) is 15.6. The summed E-state index contributed by atoms with van der Waals surface area (Å²) in [6.07, 6.45) is 0. The lowest BCUT2D eigenvalue weighted by atomic mass is 9.80. The van der Waals surface area contributed by atoms with E-state index in [1.165, 1.54) is 6.07 Å². The predicted molar refractivity (Wildman–Crippen MR) is 80.7 cm³/mol. The Morgan fingerprint density at radius 2 is 1.67 bits per heavy atom. The Bertz CT molecular complexity index is 633. The van der Waals surface area contributed by atoms with E-state index in [1.54, 1.807) is 0 Å². The Balaban J connectivity index is 2.60. The van der Waals surface area contributed by atoms with Gasteiger partial charge in [-0.3, -0.25) is 5.84 Å². The van der Waals surface area contributed by atoms with Gasteiger partial charge in [-0.1, -0.05) is 45.0 Å². The minimum Gasteiger partial charge on any atom is -0.271 e. The number of hydrogen-bond donors (Lipinski definition) is 2. The summed E-state index contributed by atoms with van der Waals surface area (Å²) in [6.45, 7) is 6.21. The van der Waals surface area contributed by atoms with Crippen molar-refractivity contribution in [2.75, 3.05) is 0 Å². The molecule has 2 aromatic rings. The van der Waals surface area contributed by atoms with E-state index >= 15 is 0 Å². The quantitative estimate of drug-likeness (QED) is 0.666. The summed E-state index contributed by atoms with van der Waals surface area (Å²) >= 11 is 0. The fraction of sp³-hybridized carbons (Fsp3) is 0.294. The second kappa shape index (κ2) is 5.92. The number of hydrazine groups is 1. The van der Waals surface area contributed by atoms with Gasteiger partial charge >= 0.3 is 0 Å². The third-order valence-corrected chi connectivity index (χ3v) is 3.52. The molecule has 2 aromatic carbocycles. The van der Waals surface area contributed by atoms with E-state index < -0.39 is 17.7 Å². The zero-order valence-electron chi connectivity index (χ0n) is 12.5. The Hall–Kier alpha value is -1.78. The molecule has 0 spiro atoms. The molecule has 0 heterocycles. The average Bonchev–Trinajstić information content (AvgIpc) is 2.43. The lowest BCUT2D eigenvalue weighted by Crippen LogP contribution is -2.31. The van der Waals surface area contributed by atoms with Gasteiger partial charge < -0.3 is 0 Å². The van der Waals surface area contributed by atoms with Gasteiger partial charge in [0.1, 0.15) is 11.6 Å². The highest BCUT2D eigenvalue weighted by atomic mass is 19.1. The molecule has 0 fully saturated rings. The van der Waals surface area contributed by atoms with Gasteiger partial charge in [-0.25, -0.2) is 14.2 Å². The lowest BCUT2D eigenvalue weighted by molar-refractivity contribution is 0.527. The molecular weight excluding hydrogens is 270 g/mol. The smallest absolute Gasteiger partial charge is 0.128 e. The molecule has 1 unspecified atom stereocenters. The molecule has 2 nitrogen and oxygen atoms in total. The Labute approximate surface area is 124 Å². The molecule has 0 saturated heterocycles. The van der Waals surface area contributed by atoms with Crippen LogP contribution in [0.4, 0.5) is 8.78 Å². The summed E-state index contributed by atoms with van der Waals surface area (Å²) in [5.41, 5.74) is 4.56. The topological polar surface area (TPSA) is 38.0 Å². The van der Waals surface area contributed by atoms with Crippen molar-refractivity contribution in [3.63, 3.8) is 0 Å². The van der Waals surface area contributed by atoms with E-state index in [9.17, 15) is 8.78 Å². The number of rotatable bonds is 3. The van der Waals surface area contributed by atoms with Gasteiger partial charge in [0.15, 0.2) is 0 Å². The van der Waals surface area contributed by atoms with Crippen LogP contribution in [0.15, 0.2) is 42.5 Å². The van der Waals surface area contributed by atoms with Crippen LogP contribution in [0.3, 0.4) is 0 Å². The van der Waals surface area contributed by atoms with E-state index in [2.05, 4.69) is 26.2 Å². The third-order valence-electron chi connectivity index (χ3n) is 3.52. The summed E-state index contributed by atoms with van der Waals surface area (Å²) in [4.78, 5) is 0. The van der Waals surface area contributed by atoms with Crippen molar-refractivity contribution in [1.29, 1.82) is 0 Å². The molecule has 0 radical (unpaired) electrons. The summed E-state index contributed by atoms with van der Waals surface area (Å²) < 4.78 is 27.5. The van der Waals surface area contributed by atoms with Crippen LogP contribution in [-0.4, -0.2) is 0 Å². The van der Waals surface area contributed by atoms with Crippen molar-refractivity contribution < 1.29 is 8.78 Å². The first-order chi connectivity index (χ1) is 9.84. The molecule has 112 valence electrons. The Morgan fingerprint density at radius 1 is 1.00 bits per heavy atom. The summed E-state index contributed by atoms with van der Waals surface area (Å²) in [7, 11) is 0. The number of halogens is 2. The van der Waals surface area contributed by atoms with Gasteiger partial charge in [0, 0.05) is 5.56 Å². The van der Waals surface area contributed by atoms with E-state index in [0.717, 1.165) is 23.3 Å². The largest absolute Gasteiger partial charge is 0.271 e. The second-order valence-corrected chi connectivity index (χ2v) is 6.10. The second-order valence-electron chi connectivity index (χ2n) is 6.10. The summed E-state index contributed by atoms with van der Waals surface area (Å²) in [5, 5.41) is 0. The highest BCUT2D eigenvalue weighted by molar-refractivity contribution is 5.41. The summed E-state index contributed by atoms with van der Waals surface area (Å²) in [6, 6.07) is 10.5. The van der Waals surface area contributed by atoms with Crippen molar-refractivity contribution in [1.82, 2.24) is 5.43 Å². The zero-order valence-corrected chi connectivity index (χ0v) is 12.5. The van der Waals surface area contributed by atoms with Crippen LogP contribution in [0.5, 0.6) is 0 Å². The monoisotopic (exact) mass is 290 g/mol. The predicted octanol–water partition coefficient (Wildman–Crippen LogP) is 3.82. The van der Waals surface area contributed by atoms with Crippen molar-refractivity contribution in [3.8, 4) is 0 Å². The van der Waals surface area contributed by atoms with Gasteiger partial charge in [0.05, 0.1) is 6.04 Å². The van der Waals surface area contributed by atoms with E-state index in [-0.39, 0.29) is 11.0 Å². The van der Waals surface area contributed by atoms with Gasteiger partial charge in [0.25, 0.3) is 0 Å². The molecule has 0 aliphatic carbocycles. The molecule has 2 rings (SSSR count). The zero-order chi connectivity index (χ0) is 15.6.